The summed E-state index contributed by atoms with van der Waals surface area (Å²) in [6.07, 6.45) is 2.20. The van der Waals surface area contributed by atoms with Gasteiger partial charge in [-0.1, -0.05) is 97.1 Å². The van der Waals surface area contributed by atoms with E-state index in [2.05, 4.69) is 214 Å². The summed E-state index contributed by atoms with van der Waals surface area (Å²) in [6.45, 7) is 0. The minimum Gasteiger partial charge on any atom is -0.317 e. The molecule has 0 spiro atoms. The van der Waals surface area contributed by atoms with E-state index in [1.807, 2.05) is 0 Å². The van der Waals surface area contributed by atoms with Gasteiger partial charge in [-0.25, -0.2) is 0 Å². The van der Waals surface area contributed by atoms with Crippen LogP contribution in [0.3, 0.4) is 0 Å². The van der Waals surface area contributed by atoms with Crippen molar-refractivity contribution in [1.29, 1.82) is 0 Å². The summed E-state index contributed by atoms with van der Waals surface area (Å²) in [7, 11) is 0. The van der Waals surface area contributed by atoms with Crippen LogP contribution in [0.5, 0.6) is 0 Å². The molecule has 0 aliphatic carbocycles. The zero-order valence-corrected chi connectivity index (χ0v) is 29.9. The average Bonchev–Trinajstić information content (AvgIpc) is 3.92. The lowest BCUT2D eigenvalue weighted by atomic mass is 9.91. The molecule has 12 aromatic rings. The zero-order chi connectivity index (χ0) is 36.0. The first kappa shape index (κ1) is 30.1. The number of para-hydroxylation sites is 5. The molecular weight excluding hydrogens is 667 g/mol. The van der Waals surface area contributed by atoms with E-state index in [-0.39, 0.29) is 0 Å². The van der Waals surface area contributed by atoms with Gasteiger partial charge in [0.05, 0.1) is 27.6 Å². The fourth-order valence-electron chi connectivity index (χ4n) is 9.15. The maximum atomic E-state index is 2.46. The lowest BCUT2D eigenvalue weighted by Crippen LogP contribution is -1.94. The van der Waals surface area contributed by atoms with Crippen molar-refractivity contribution in [1.82, 2.24) is 13.7 Å². The van der Waals surface area contributed by atoms with Crippen molar-refractivity contribution < 1.29 is 0 Å². The van der Waals surface area contributed by atoms with Crippen LogP contribution in [0.2, 0.25) is 0 Å². The molecule has 256 valence electrons. The van der Waals surface area contributed by atoms with E-state index in [0.29, 0.717) is 0 Å². The van der Waals surface area contributed by atoms with Crippen molar-refractivity contribution in [3.8, 4) is 28.2 Å². The highest BCUT2D eigenvalue weighted by Crippen LogP contribution is 2.43. The van der Waals surface area contributed by atoms with Gasteiger partial charge in [0.2, 0.25) is 0 Å². The average molecular weight is 700 g/mol. The van der Waals surface area contributed by atoms with Crippen molar-refractivity contribution in [2.45, 2.75) is 0 Å². The van der Waals surface area contributed by atoms with E-state index in [9.17, 15) is 0 Å². The molecule has 3 aromatic heterocycles. The van der Waals surface area contributed by atoms with Gasteiger partial charge < -0.3 is 13.7 Å². The number of rotatable bonds is 4. The first-order chi connectivity index (χ1) is 27.3. The van der Waals surface area contributed by atoms with Crippen LogP contribution in [-0.4, -0.2) is 13.7 Å². The molecule has 0 amide bonds. The van der Waals surface area contributed by atoms with Crippen molar-refractivity contribution in [3.05, 3.63) is 200 Å². The number of nitrogens with zero attached hydrogens (tertiary/aromatic N) is 3. The van der Waals surface area contributed by atoms with Gasteiger partial charge in [-0.15, -0.1) is 0 Å². The summed E-state index contributed by atoms with van der Waals surface area (Å²) < 4.78 is 7.13. The third kappa shape index (κ3) is 4.44. The Labute approximate surface area is 317 Å². The van der Waals surface area contributed by atoms with Crippen LogP contribution >= 0.6 is 0 Å². The predicted octanol–water partition coefficient (Wildman–Crippen LogP) is 13.8. The third-order valence-electron chi connectivity index (χ3n) is 11.6. The second-order valence-electron chi connectivity index (χ2n) is 14.6. The van der Waals surface area contributed by atoms with Crippen molar-refractivity contribution in [3.63, 3.8) is 0 Å². The Kier molecular flexibility index (Phi) is 6.34. The standard InChI is InChI=1S/C52H33N3/c1-4-14-37(15-5-1)53-27-26-35-29-43-36(31-51(35)53)30-42(34-24-25-50-46(28-34)40-20-10-12-22-48(40)54(50)38-16-6-2-7-17-38)44-32-47-41-21-11-13-23-49(41)55(52(47)33-45(43)44)39-18-8-3-9-19-39/h1-33H. The molecule has 0 N–H and O–H groups in total. The second-order valence-corrected chi connectivity index (χ2v) is 14.6. The Bertz CT molecular complexity index is 3460. The van der Waals surface area contributed by atoms with Crippen LogP contribution in [0.4, 0.5) is 0 Å². The van der Waals surface area contributed by atoms with E-state index < -0.39 is 0 Å². The van der Waals surface area contributed by atoms with Crippen LogP contribution in [0.15, 0.2) is 200 Å². The molecule has 0 fully saturated rings. The lowest BCUT2D eigenvalue weighted by Gasteiger charge is -2.15. The highest BCUT2D eigenvalue weighted by atomic mass is 15.0. The largest absolute Gasteiger partial charge is 0.317 e. The van der Waals surface area contributed by atoms with Crippen molar-refractivity contribution >= 4 is 76.1 Å². The molecule has 0 aliphatic heterocycles. The first-order valence-corrected chi connectivity index (χ1v) is 18.9. The molecule has 0 saturated heterocycles. The van der Waals surface area contributed by atoms with Gasteiger partial charge in [0.1, 0.15) is 0 Å². The van der Waals surface area contributed by atoms with Gasteiger partial charge in [-0.2, -0.15) is 0 Å². The van der Waals surface area contributed by atoms with Crippen molar-refractivity contribution in [2.75, 3.05) is 0 Å². The van der Waals surface area contributed by atoms with Crippen LogP contribution < -0.4 is 0 Å². The van der Waals surface area contributed by atoms with E-state index in [4.69, 9.17) is 0 Å². The summed E-state index contributed by atoms with van der Waals surface area (Å²) in [6, 6.07) is 71.2. The molecule has 3 heterocycles. The Balaban J connectivity index is 1.20. The van der Waals surface area contributed by atoms with Crippen LogP contribution in [0.25, 0.3) is 104 Å². The monoisotopic (exact) mass is 699 g/mol. The second kappa shape index (κ2) is 11.6. The molecule has 12 rings (SSSR count). The molecule has 3 heteroatoms. The van der Waals surface area contributed by atoms with E-state index in [0.717, 1.165) is 11.4 Å². The molecule has 0 bridgehead atoms. The number of hydrogen-bond acceptors (Lipinski definition) is 0. The molecule has 0 radical (unpaired) electrons. The third-order valence-corrected chi connectivity index (χ3v) is 11.6. The molecular formula is C52H33N3. The van der Waals surface area contributed by atoms with E-state index >= 15 is 0 Å². The fraction of sp³-hybridized carbons (Fsp3) is 0. The van der Waals surface area contributed by atoms with Crippen LogP contribution in [-0.2, 0) is 0 Å². The molecule has 0 atom stereocenters. The summed E-state index contributed by atoms with van der Waals surface area (Å²) >= 11 is 0. The number of aromatic nitrogens is 3. The summed E-state index contributed by atoms with van der Waals surface area (Å²) in [4.78, 5) is 0. The smallest absolute Gasteiger partial charge is 0.0547 e. The van der Waals surface area contributed by atoms with Crippen LogP contribution in [0, 0.1) is 0 Å². The minimum absolute atomic E-state index is 1.16. The topological polar surface area (TPSA) is 14.8 Å². The molecule has 0 saturated carbocycles. The minimum atomic E-state index is 1.16. The quantitative estimate of drug-likeness (QED) is 0.162. The molecule has 55 heavy (non-hydrogen) atoms. The number of hydrogen-bond donors (Lipinski definition) is 0. The Hall–Kier alpha value is -7.36. The van der Waals surface area contributed by atoms with Gasteiger partial charge in [0, 0.05) is 50.2 Å². The van der Waals surface area contributed by atoms with Gasteiger partial charge in [0.15, 0.2) is 0 Å². The Morgan fingerprint density at radius 3 is 1.51 bits per heavy atom. The van der Waals surface area contributed by atoms with Gasteiger partial charge in [0.25, 0.3) is 0 Å². The normalized spacial score (nSPS) is 12.0. The maximum Gasteiger partial charge on any atom is 0.0547 e. The van der Waals surface area contributed by atoms with E-state index in [1.54, 1.807) is 0 Å². The highest BCUT2D eigenvalue weighted by Gasteiger charge is 2.19. The predicted molar refractivity (Wildman–Crippen MR) is 232 cm³/mol. The van der Waals surface area contributed by atoms with Gasteiger partial charge in [-0.05, 0) is 130 Å². The van der Waals surface area contributed by atoms with Crippen molar-refractivity contribution in [2.24, 2.45) is 0 Å². The number of fused-ring (bicyclic) bond motifs is 10. The Morgan fingerprint density at radius 1 is 0.273 bits per heavy atom. The van der Waals surface area contributed by atoms with Gasteiger partial charge >= 0.3 is 0 Å². The SMILES string of the molecule is c1ccc(-n2ccc3cc4c(cc(-c5ccc6c(c5)c5ccccc5n6-c5ccccc5)c5cc6c7ccccc7n(-c7ccccc7)c6cc54)cc32)cc1. The molecule has 0 aliphatic rings. The highest BCUT2D eigenvalue weighted by molar-refractivity contribution is 6.23. The molecule has 9 aromatic carbocycles. The maximum absolute atomic E-state index is 2.46. The number of benzene rings is 9. The summed E-state index contributed by atoms with van der Waals surface area (Å²) in [5.74, 6) is 0. The fourth-order valence-corrected chi connectivity index (χ4v) is 9.15. The molecule has 0 unspecified atom stereocenters. The van der Waals surface area contributed by atoms with Gasteiger partial charge in [-0.3, -0.25) is 0 Å². The van der Waals surface area contributed by atoms with Crippen LogP contribution in [0.1, 0.15) is 0 Å². The molecule has 3 nitrogen and oxygen atoms in total. The first-order valence-electron chi connectivity index (χ1n) is 18.9. The summed E-state index contributed by atoms with van der Waals surface area (Å²) in [5.41, 5.74) is 12.0. The lowest BCUT2D eigenvalue weighted by molar-refractivity contribution is 1.13. The Morgan fingerprint density at radius 2 is 0.836 bits per heavy atom. The summed E-state index contributed by atoms with van der Waals surface area (Å²) in [5, 5.41) is 11.2. The van der Waals surface area contributed by atoms with E-state index in [1.165, 1.54) is 92.9 Å². The zero-order valence-electron chi connectivity index (χ0n) is 29.9.